The number of halogens is 18. The Morgan fingerprint density at radius 1 is 0.301 bits per heavy atom. The summed E-state index contributed by atoms with van der Waals surface area (Å²) in [6.07, 6.45) is 4.60. The van der Waals surface area contributed by atoms with Gasteiger partial charge in [0, 0.05) is 17.5 Å². The molecule has 0 atom stereocenters. The third-order valence-corrected chi connectivity index (χ3v) is 21.8. The first kappa shape index (κ1) is 59.4. The summed E-state index contributed by atoms with van der Waals surface area (Å²) in [5.41, 5.74) is -5.44. The van der Waals surface area contributed by atoms with Gasteiger partial charge in [-0.15, -0.1) is 0 Å². The molecule has 6 aromatic carbocycles. The zero-order valence-electron chi connectivity index (χ0n) is 39.1. The molecule has 0 radical (unpaired) electrons. The van der Waals surface area contributed by atoms with Crippen molar-refractivity contribution < 1.29 is 38.4 Å². The topological polar surface area (TPSA) is 167 Å². The Balaban J connectivity index is 1.08. The molecule has 30 heteroatoms. The third kappa shape index (κ3) is 8.24. The van der Waals surface area contributed by atoms with Gasteiger partial charge in [-0.3, -0.25) is 38.4 Å². The first-order chi connectivity index (χ1) is 39.1. The van der Waals surface area contributed by atoms with E-state index in [2.05, 4.69) is 10.6 Å². The van der Waals surface area contributed by atoms with Gasteiger partial charge in [-0.2, -0.15) is 0 Å². The maximum atomic E-state index is 15.0. The molecule has 83 heavy (non-hydrogen) atoms. The standard InChI is InChI=1S/C53H10Cl18N4O8/c54-12-6-8(44(74-50(80)22-23(51(74)81)31(61)39(69)38(68)30(22)60)10-1-3-14(72-42(10)12)16-46(76)18-19(47(16)77)27(57)35(65)34(64)26(18)56)5-9-7-13(55)43-11(45(9)75-52(82)24-25(53(75)83)33(63)41(71)40(70)32(24)62)2-4-15(73-43)17-48(78)20-21(49(17)79)29(59)37(67)36(66)28(20)58/h1-4,6-7,72-73H,5H2. The number of hydrogen-bond donors (Lipinski definition) is 2. The fourth-order valence-corrected chi connectivity index (χ4v) is 15.0. The molecule has 416 valence electrons. The Kier molecular flexibility index (Phi) is 14.9. The second-order valence-corrected chi connectivity index (χ2v) is 25.1. The van der Waals surface area contributed by atoms with Crippen LogP contribution in [0.1, 0.15) is 105 Å². The number of fused-ring (bicyclic) bond motifs is 6. The van der Waals surface area contributed by atoms with Crippen molar-refractivity contribution in [1.82, 2.24) is 0 Å². The van der Waals surface area contributed by atoms with Crippen molar-refractivity contribution in [1.29, 1.82) is 0 Å². The maximum Gasteiger partial charge on any atom is 0.267 e. The fraction of sp³-hybridized carbons (Fsp3) is 0.0189. The van der Waals surface area contributed by atoms with Crippen LogP contribution < -0.4 is 20.4 Å². The Morgan fingerprint density at radius 2 is 0.530 bits per heavy atom. The first-order valence-corrected chi connectivity index (χ1v) is 29.4. The van der Waals surface area contributed by atoms with E-state index in [1.54, 1.807) is 0 Å². The number of ketones is 4. The van der Waals surface area contributed by atoms with Crippen LogP contribution in [-0.4, -0.2) is 46.8 Å². The van der Waals surface area contributed by atoms with Crippen molar-refractivity contribution in [3.8, 4) is 0 Å². The SMILES string of the molecule is O=C1C(=C2C=Cc3c(c(Cl)cc(Cc4cc(Cl)c5c(c4N4C(=O)c6c(Cl)c(Cl)c(Cl)c(Cl)c6C4=O)C=CC(=C4C(=O)c6c(Cl)c(Cl)c(Cl)c(Cl)c6C4=O)N5)c3N3C(=O)c4c(Cl)c(Cl)c(Cl)c(Cl)c4C3=O)N2)C(=O)c2c(Cl)c(Cl)c(Cl)c(Cl)c21. The fourth-order valence-electron chi connectivity index (χ4n) is 10.4. The van der Waals surface area contributed by atoms with Gasteiger partial charge in [0.05, 0.1) is 180 Å². The lowest BCUT2D eigenvalue weighted by molar-refractivity contribution is 0.0910. The molecule has 2 N–H and O–H groups in total. The van der Waals surface area contributed by atoms with E-state index in [0.29, 0.717) is 9.80 Å². The summed E-state index contributed by atoms with van der Waals surface area (Å²) < 4.78 is 0. The number of carbonyl (C=O) groups excluding carboxylic acids is 8. The molecule has 6 aromatic rings. The predicted molar refractivity (Wildman–Crippen MR) is 331 cm³/mol. The molecule has 0 fully saturated rings. The van der Waals surface area contributed by atoms with Crippen LogP contribution in [0.15, 0.2) is 46.8 Å². The highest BCUT2D eigenvalue weighted by Crippen LogP contribution is 2.55. The molecule has 0 saturated carbocycles. The van der Waals surface area contributed by atoms with Gasteiger partial charge < -0.3 is 10.6 Å². The number of nitrogens with zero attached hydrogens (tertiary/aromatic N) is 2. The highest BCUT2D eigenvalue weighted by Gasteiger charge is 2.49. The van der Waals surface area contributed by atoms with Crippen LogP contribution in [0.25, 0.3) is 12.2 Å². The molecular weight excluding hydrogens is 1460 g/mol. The maximum absolute atomic E-state index is 15.0. The average molecular weight is 1470 g/mol. The Morgan fingerprint density at radius 3 is 0.771 bits per heavy atom. The highest BCUT2D eigenvalue weighted by molar-refractivity contribution is 6.61. The van der Waals surface area contributed by atoms with Gasteiger partial charge >= 0.3 is 0 Å². The van der Waals surface area contributed by atoms with Gasteiger partial charge in [0.1, 0.15) is 0 Å². The van der Waals surface area contributed by atoms with Crippen LogP contribution in [0.3, 0.4) is 0 Å². The number of Topliss-reactive ketones (excluding diaryl/α,β-unsaturated/α-hetero) is 4. The van der Waals surface area contributed by atoms with Crippen LogP contribution in [0.5, 0.6) is 0 Å². The lowest BCUT2D eigenvalue weighted by atomic mass is 9.91. The summed E-state index contributed by atoms with van der Waals surface area (Å²) >= 11 is 118. The molecule has 0 saturated heterocycles. The van der Waals surface area contributed by atoms with Crippen molar-refractivity contribution in [3.63, 3.8) is 0 Å². The van der Waals surface area contributed by atoms with Crippen LogP contribution in [0, 0.1) is 0 Å². The molecule has 0 bridgehead atoms. The van der Waals surface area contributed by atoms with Gasteiger partial charge in [0.25, 0.3) is 23.6 Å². The molecule has 4 heterocycles. The number of imide groups is 2. The van der Waals surface area contributed by atoms with E-state index in [1.165, 1.54) is 36.4 Å². The number of benzene rings is 6. The number of rotatable bonds is 4. The minimum atomic E-state index is -1.09. The Bertz CT molecular complexity index is 4110. The third-order valence-electron chi connectivity index (χ3n) is 14.0. The number of allylic oxidation sites excluding steroid dienone is 4. The normalized spacial score (nSPS) is 15.8. The smallest absolute Gasteiger partial charge is 0.267 e. The molecule has 0 aromatic heterocycles. The number of anilines is 4. The molecule has 2 aliphatic carbocycles. The van der Waals surface area contributed by atoms with Crippen molar-refractivity contribution in [2.75, 3.05) is 20.4 Å². The van der Waals surface area contributed by atoms with Gasteiger partial charge in [-0.05, 0) is 47.6 Å². The number of hydrogen-bond acceptors (Lipinski definition) is 10. The zero-order chi connectivity index (χ0) is 60.1. The molecule has 6 aliphatic rings. The van der Waals surface area contributed by atoms with Crippen molar-refractivity contribution in [3.05, 3.63) is 204 Å². The van der Waals surface area contributed by atoms with E-state index >= 15 is 0 Å². The molecule has 4 amide bonds. The van der Waals surface area contributed by atoms with E-state index in [0.717, 1.165) is 0 Å². The number of amides is 4. The molecule has 4 aliphatic heterocycles. The summed E-state index contributed by atoms with van der Waals surface area (Å²) in [5, 5.41) is -0.200. The van der Waals surface area contributed by atoms with Gasteiger partial charge in [-0.1, -0.05) is 209 Å². The minimum Gasteiger partial charge on any atom is -0.353 e. The van der Waals surface area contributed by atoms with Crippen LogP contribution in [-0.2, 0) is 6.42 Å². The quantitative estimate of drug-likeness (QED) is 0.0570. The van der Waals surface area contributed by atoms with E-state index < -0.39 is 107 Å². The predicted octanol–water partition coefficient (Wildman–Crippen LogP) is 20.2. The average Bonchev–Trinajstić information content (AvgIpc) is 2.58. The molecule has 12 rings (SSSR count). The second-order valence-electron chi connectivity index (χ2n) is 18.2. The number of nitrogens with one attached hydrogen (secondary N) is 2. The minimum absolute atomic E-state index is 0.0453. The van der Waals surface area contributed by atoms with Crippen molar-refractivity contribution >= 4 is 290 Å². The Labute approximate surface area is 553 Å². The first-order valence-electron chi connectivity index (χ1n) is 22.6. The summed E-state index contributed by atoms with van der Waals surface area (Å²) in [7, 11) is 0. The van der Waals surface area contributed by atoms with E-state index in [9.17, 15) is 38.4 Å². The van der Waals surface area contributed by atoms with Crippen LogP contribution in [0.2, 0.25) is 90.4 Å². The summed E-state index contributed by atoms with van der Waals surface area (Å²) in [6, 6.07) is 2.56. The summed E-state index contributed by atoms with van der Waals surface area (Å²) in [4.78, 5) is 118. The van der Waals surface area contributed by atoms with E-state index in [-0.39, 0.29) is 149 Å². The largest absolute Gasteiger partial charge is 0.353 e. The monoisotopic (exact) mass is 1460 g/mol. The summed E-state index contributed by atoms with van der Waals surface area (Å²) in [6.45, 7) is 0. The van der Waals surface area contributed by atoms with E-state index in [1.807, 2.05) is 0 Å². The molecule has 0 spiro atoms. The van der Waals surface area contributed by atoms with E-state index in [4.69, 9.17) is 209 Å². The number of carbonyl (C=O) groups is 8. The lowest BCUT2D eigenvalue weighted by Gasteiger charge is -2.29. The second kappa shape index (κ2) is 20.9. The van der Waals surface area contributed by atoms with Gasteiger partial charge in [0.2, 0.25) is 23.1 Å². The van der Waals surface area contributed by atoms with Crippen LogP contribution >= 0.6 is 209 Å². The summed E-state index contributed by atoms with van der Waals surface area (Å²) in [5.74, 6) is -7.98. The molecule has 12 nitrogen and oxygen atoms in total. The zero-order valence-corrected chi connectivity index (χ0v) is 52.7. The van der Waals surface area contributed by atoms with Gasteiger partial charge in [-0.25, -0.2) is 9.80 Å². The van der Waals surface area contributed by atoms with Crippen molar-refractivity contribution in [2.45, 2.75) is 6.42 Å². The molecule has 0 unspecified atom stereocenters. The Hall–Kier alpha value is -3.94. The lowest BCUT2D eigenvalue weighted by Crippen LogP contribution is -2.33. The van der Waals surface area contributed by atoms with Crippen molar-refractivity contribution in [2.24, 2.45) is 0 Å². The highest BCUT2D eigenvalue weighted by atomic mass is 35.5. The van der Waals surface area contributed by atoms with Gasteiger partial charge in [0.15, 0.2) is 0 Å². The van der Waals surface area contributed by atoms with Crippen LogP contribution in [0.4, 0.5) is 22.7 Å². The molecular formula is C53H10Cl18N4O8.